The molecule has 3 heteroatoms. The molecule has 0 saturated heterocycles. The predicted octanol–water partition coefficient (Wildman–Crippen LogP) is 3.20. The number of fused-ring (bicyclic) bond motifs is 1. The molecule has 4 rings (SSSR count). The van der Waals surface area contributed by atoms with Crippen LogP contribution in [-0.2, 0) is 5.41 Å². The highest BCUT2D eigenvalue weighted by atomic mass is 15.2. The SMILES string of the molecule is c1ccc(C2(c3cc4ncccn4n3)CCC2)cc1. The van der Waals surface area contributed by atoms with E-state index in [1.807, 2.05) is 23.0 Å². The van der Waals surface area contributed by atoms with Crippen LogP contribution in [0.15, 0.2) is 54.9 Å². The molecule has 0 radical (unpaired) electrons. The third kappa shape index (κ3) is 1.51. The van der Waals surface area contributed by atoms with Gasteiger partial charge in [0.25, 0.3) is 0 Å². The van der Waals surface area contributed by atoms with E-state index in [0.717, 1.165) is 11.3 Å². The topological polar surface area (TPSA) is 30.2 Å². The van der Waals surface area contributed by atoms with Gasteiger partial charge in [-0.2, -0.15) is 5.10 Å². The third-order valence-corrected chi connectivity index (χ3v) is 4.26. The Morgan fingerprint density at radius 3 is 2.58 bits per heavy atom. The van der Waals surface area contributed by atoms with Gasteiger partial charge in [0.15, 0.2) is 5.65 Å². The lowest BCUT2D eigenvalue weighted by atomic mass is 9.62. The van der Waals surface area contributed by atoms with Gasteiger partial charge >= 0.3 is 0 Å². The summed E-state index contributed by atoms with van der Waals surface area (Å²) in [4.78, 5) is 4.37. The monoisotopic (exact) mass is 249 g/mol. The van der Waals surface area contributed by atoms with Crippen molar-refractivity contribution in [2.24, 2.45) is 0 Å². The molecule has 1 aliphatic rings. The molecule has 0 unspecified atom stereocenters. The van der Waals surface area contributed by atoms with Crippen LogP contribution in [0, 0.1) is 0 Å². The van der Waals surface area contributed by atoms with Crippen molar-refractivity contribution in [1.29, 1.82) is 0 Å². The first kappa shape index (κ1) is 10.7. The Kier molecular flexibility index (Phi) is 2.21. The van der Waals surface area contributed by atoms with Crippen LogP contribution >= 0.6 is 0 Å². The fourth-order valence-corrected chi connectivity index (χ4v) is 3.04. The lowest BCUT2D eigenvalue weighted by Gasteiger charge is -2.41. The molecule has 1 aliphatic carbocycles. The molecular weight excluding hydrogens is 234 g/mol. The average Bonchev–Trinajstić information content (AvgIpc) is 2.82. The number of benzene rings is 1. The Balaban J connectivity index is 1.89. The van der Waals surface area contributed by atoms with Crippen molar-refractivity contribution in [3.63, 3.8) is 0 Å². The van der Waals surface area contributed by atoms with Gasteiger partial charge in [0, 0.05) is 23.9 Å². The zero-order valence-electron chi connectivity index (χ0n) is 10.7. The number of nitrogens with zero attached hydrogens (tertiary/aromatic N) is 3. The quantitative estimate of drug-likeness (QED) is 0.698. The highest BCUT2D eigenvalue weighted by Crippen LogP contribution is 2.48. The zero-order valence-corrected chi connectivity index (χ0v) is 10.7. The minimum Gasteiger partial charge on any atom is -0.237 e. The molecule has 2 heterocycles. The first-order valence-corrected chi connectivity index (χ1v) is 6.75. The average molecular weight is 249 g/mol. The summed E-state index contributed by atoms with van der Waals surface area (Å²) < 4.78 is 1.87. The van der Waals surface area contributed by atoms with Crippen LogP contribution in [0.4, 0.5) is 0 Å². The Bertz CT molecular complexity index is 678. The molecule has 19 heavy (non-hydrogen) atoms. The highest BCUT2D eigenvalue weighted by Gasteiger charge is 2.42. The zero-order chi connectivity index (χ0) is 12.7. The summed E-state index contributed by atoms with van der Waals surface area (Å²) in [6.07, 6.45) is 7.41. The van der Waals surface area contributed by atoms with E-state index in [4.69, 9.17) is 5.10 Å². The van der Waals surface area contributed by atoms with E-state index in [1.54, 1.807) is 0 Å². The minimum absolute atomic E-state index is 0.106. The summed E-state index contributed by atoms with van der Waals surface area (Å²) in [5, 5.41) is 4.74. The molecule has 0 N–H and O–H groups in total. The van der Waals surface area contributed by atoms with Crippen LogP contribution in [0.1, 0.15) is 30.5 Å². The number of hydrogen-bond donors (Lipinski definition) is 0. The second-order valence-electron chi connectivity index (χ2n) is 5.25. The van der Waals surface area contributed by atoms with Crippen LogP contribution in [0.5, 0.6) is 0 Å². The van der Waals surface area contributed by atoms with Gasteiger partial charge in [0.2, 0.25) is 0 Å². The fourth-order valence-electron chi connectivity index (χ4n) is 3.04. The third-order valence-electron chi connectivity index (χ3n) is 4.26. The second kappa shape index (κ2) is 3.92. The van der Waals surface area contributed by atoms with E-state index in [1.165, 1.54) is 24.8 Å². The molecule has 3 aromatic rings. The van der Waals surface area contributed by atoms with Crippen molar-refractivity contribution in [1.82, 2.24) is 14.6 Å². The van der Waals surface area contributed by atoms with Crippen molar-refractivity contribution < 1.29 is 0 Å². The van der Waals surface area contributed by atoms with Gasteiger partial charge < -0.3 is 0 Å². The Morgan fingerprint density at radius 2 is 1.89 bits per heavy atom. The maximum atomic E-state index is 4.74. The molecule has 0 amide bonds. The summed E-state index contributed by atoms with van der Waals surface area (Å²) in [6, 6.07) is 14.8. The molecule has 0 spiro atoms. The fraction of sp³-hybridized carbons (Fsp3) is 0.250. The van der Waals surface area contributed by atoms with Crippen molar-refractivity contribution >= 4 is 5.65 Å². The van der Waals surface area contributed by atoms with Crippen LogP contribution in [0.3, 0.4) is 0 Å². The van der Waals surface area contributed by atoms with Crippen LogP contribution in [-0.4, -0.2) is 14.6 Å². The van der Waals surface area contributed by atoms with Crippen molar-refractivity contribution in [3.8, 4) is 0 Å². The number of aromatic nitrogens is 3. The van der Waals surface area contributed by atoms with E-state index in [9.17, 15) is 0 Å². The minimum atomic E-state index is 0.106. The smallest absolute Gasteiger partial charge is 0.155 e. The van der Waals surface area contributed by atoms with Gasteiger partial charge in [-0.15, -0.1) is 0 Å². The lowest BCUT2D eigenvalue weighted by molar-refractivity contribution is 0.293. The molecule has 0 bridgehead atoms. The van der Waals surface area contributed by atoms with Gasteiger partial charge in [-0.25, -0.2) is 9.50 Å². The molecule has 1 fully saturated rings. The summed E-state index contributed by atoms with van der Waals surface area (Å²) >= 11 is 0. The van der Waals surface area contributed by atoms with Crippen molar-refractivity contribution in [2.75, 3.05) is 0 Å². The van der Waals surface area contributed by atoms with E-state index < -0.39 is 0 Å². The Labute approximate surface area is 111 Å². The van der Waals surface area contributed by atoms with Gasteiger partial charge in [-0.3, -0.25) is 0 Å². The molecule has 0 aliphatic heterocycles. The Hall–Kier alpha value is -2.16. The maximum absolute atomic E-state index is 4.74. The Morgan fingerprint density at radius 1 is 1.05 bits per heavy atom. The van der Waals surface area contributed by atoms with Gasteiger partial charge in [-0.1, -0.05) is 36.8 Å². The largest absolute Gasteiger partial charge is 0.237 e. The summed E-state index contributed by atoms with van der Waals surface area (Å²) in [5.41, 5.74) is 3.57. The van der Waals surface area contributed by atoms with Crippen LogP contribution in [0.2, 0.25) is 0 Å². The first-order valence-electron chi connectivity index (χ1n) is 6.75. The molecule has 1 aromatic carbocycles. The number of rotatable bonds is 2. The van der Waals surface area contributed by atoms with E-state index in [2.05, 4.69) is 41.4 Å². The molecule has 94 valence electrons. The second-order valence-corrected chi connectivity index (χ2v) is 5.25. The van der Waals surface area contributed by atoms with Crippen LogP contribution < -0.4 is 0 Å². The lowest BCUT2D eigenvalue weighted by Crippen LogP contribution is -2.35. The molecule has 2 aromatic heterocycles. The normalized spacial score (nSPS) is 17.3. The van der Waals surface area contributed by atoms with Crippen LogP contribution in [0.25, 0.3) is 5.65 Å². The highest BCUT2D eigenvalue weighted by molar-refractivity contribution is 5.46. The van der Waals surface area contributed by atoms with Gasteiger partial charge in [-0.05, 0) is 24.5 Å². The number of hydrogen-bond acceptors (Lipinski definition) is 2. The summed E-state index contributed by atoms with van der Waals surface area (Å²) in [7, 11) is 0. The first-order chi connectivity index (χ1) is 9.38. The van der Waals surface area contributed by atoms with E-state index in [0.29, 0.717) is 0 Å². The molecular formula is C16H15N3. The molecule has 0 atom stereocenters. The standard InChI is InChI=1S/C16H15N3/c1-2-6-13(7-3-1)16(8-4-9-16)14-12-15-17-10-5-11-19(15)18-14/h1-3,5-7,10-12H,4,8-9H2. The van der Waals surface area contributed by atoms with Crippen molar-refractivity contribution in [2.45, 2.75) is 24.7 Å². The van der Waals surface area contributed by atoms with E-state index in [-0.39, 0.29) is 5.41 Å². The van der Waals surface area contributed by atoms with E-state index >= 15 is 0 Å². The molecule has 1 saturated carbocycles. The molecule has 3 nitrogen and oxygen atoms in total. The predicted molar refractivity (Wildman–Crippen MR) is 74.1 cm³/mol. The van der Waals surface area contributed by atoms with Gasteiger partial charge in [0.05, 0.1) is 5.69 Å². The summed E-state index contributed by atoms with van der Waals surface area (Å²) in [5.74, 6) is 0. The van der Waals surface area contributed by atoms with Gasteiger partial charge in [0.1, 0.15) is 0 Å². The van der Waals surface area contributed by atoms with Crippen molar-refractivity contribution in [3.05, 3.63) is 66.1 Å². The maximum Gasteiger partial charge on any atom is 0.155 e. The summed E-state index contributed by atoms with van der Waals surface area (Å²) in [6.45, 7) is 0.